The van der Waals surface area contributed by atoms with Gasteiger partial charge in [-0.05, 0) is 12.5 Å². The number of ether oxygens (including phenoxy) is 1. The van der Waals surface area contributed by atoms with E-state index < -0.39 is 0 Å². The summed E-state index contributed by atoms with van der Waals surface area (Å²) in [6.45, 7) is 6.60. The molecule has 1 aromatic rings. The van der Waals surface area contributed by atoms with Gasteiger partial charge in [0.2, 0.25) is 0 Å². The van der Waals surface area contributed by atoms with E-state index in [2.05, 4.69) is 24.0 Å². The number of hydrogen-bond donors (Lipinski definition) is 1. The molecule has 0 saturated carbocycles. The van der Waals surface area contributed by atoms with Crippen molar-refractivity contribution in [2.75, 3.05) is 32.8 Å². The van der Waals surface area contributed by atoms with Gasteiger partial charge in [0.25, 0.3) is 0 Å². The van der Waals surface area contributed by atoms with Gasteiger partial charge >= 0.3 is 0 Å². The van der Waals surface area contributed by atoms with Gasteiger partial charge in [0.15, 0.2) is 0 Å². The lowest BCUT2D eigenvalue weighted by Crippen LogP contribution is -2.49. The largest absolute Gasteiger partial charge is 0.379 e. The molecule has 0 bridgehead atoms. The van der Waals surface area contributed by atoms with Crippen molar-refractivity contribution in [2.24, 2.45) is 5.73 Å². The SMILES string of the molecule is C[C@@](N)(CN1CCOCC1)c1ccccc1.Cl.Cl. The summed E-state index contributed by atoms with van der Waals surface area (Å²) in [7, 11) is 0. The van der Waals surface area contributed by atoms with Crippen LogP contribution in [0.4, 0.5) is 0 Å². The van der Waals surface area contributed by atoms with Crippen molar-refractivity contribution in [1.29, 1.82) is 0 Å². The molecule has 104 valence electrons. The van der Waals surface area contributed by atoms with Crippen molar-refractivity contribution in [2.45, 2.75) is 12.5 Å². The second-order valence-corrected chi connectivity index (χ2v) is 4.67. The summed E-state index contributed by atoms with van der Waals surface area (Å²) in [5, 5.41) is 0. The second-order valence-electron chi connectivity index (χ2n) is 4.67. The van der Waals surface area contributed by atoms with Crippen molar-refractivity contribution in [3.63, 3.8) is 0 Å². The van der Waals surface area contributed by atoms with Gasteiger partial charge in [-0.3, -0.25) is 4.90 Å². The van der Waals surface area contributed by atoms with Crippen LogP contribution in [0.2, 0.25) is 0 Å². The molecule has 1 aromatic carbocycles. The van der Waals surface area contributed by atoms with Crippen molar-refractivity contribution in [1.82, 2.24) is 4.90 Å². The molecule has 1 aliphatic rings. The Morgan fingerprint density at radius 3 is 2.28 bits per heavy atom. The standard InChI is InChI=1S/C13H20N2O.2ClH/c1-13(14,12-5-3-2-4-6-12)11-15-7-9-16-10-8-15;;/h2-6H,7-11,14H2,1H3;2*1H/t13-;;/m1../s1. The topological polar surface area (TPSA) is 38.5 Å². The maximum atomic E-state index is 6.39. The van der Waals surface area contributed by atoms with E-state index in [1.165, 1.54) is 5.56 Å². The first-order valence-electron chi connectivity index (χ1n) is 5.83. The van der Waals surface area contributed by atoms with Gasteiger partial charge in [-0.25, -0.2) is 0 Å². The molecule has 1 atom stereocenters. The van der Waals surface area contributed by atoms with Gasteiger partial charge in [0, 0.05) is 19.6 Å². The number of rotatable bonds is 3. The van der Waals surface area contributed by atoms with E-state index in [9.17, 15) is 0 Å². The Balaban J connectivity index is 0.00000144. The molecule has 0 radical (unpaired) electrons. The van der Waals surface area contributed by atoms with Crippen LogP contribution in [0.3, 0.4) is 0 Å². The summed E-state index contributed by atoms with van der Waals surface area (Å²) in [6, 6.07) is 10.3. The van der Waals surface area contributed by atoms with Crippen molar-refractivity contribution >= 4 is 24.8 Å². The molecule has 0 spiro atoms. The maximum Gasteiger partial charge on any atom is 0.0594 e. The molecule has 0 amide bonds. The van der Waals surface area contributed by atoms with Crippen molar-refractivity contribution < 1.29 is 4.74 Å². The normalized spacial score (nSPS) is 19.2. The van der Waals surface area contributed by atoms with Gasteiger partial charge in [-0.2, -0.15) is 0 Å². The third kappa shape index (κ3) is 4.75. The predicted octanol–water partition coefficient (Wildman–Crippen LogP) is 2.04. The van der Waals surface area contributed by atoms with Crippen LogP contribution in [0.25, 0.3) is 0 Å². The monoisotopic (exact) mass is 292 g/mol. The Bertz CT molecular complexity index is 327. The van der Waals surface area contributed by atoms with Crippen LogP contribution in [0.5, 0.6) is 0 Å². The van der Waals surface area contributed by atoms with Gasteiger partial charge in [-0.15, -0.1) is 24.8 Å². The zero-order valence-electron chi connectivity index (χ0n) is 10.7. The number of benzene rings is 1. The highest BCUT2D eigenvalue weighted by atomic mass is 35.5. The van der Waals surface area contributed by atoms with E-state index in [4.69, 9.17) is 10.5 Å². The number of halogens is 2. The minimum absolute atomic E-state index is 0. The van der Waals surface area contributed by atoms with Gasteiger partial charge in [0.1, 0.15) is 0 Å². The predicted molar refractivity (Wildman–Crippen MR) is 79.7 cm³/mol. The van der Waals surface area contributed by atoms with Crippen LogP contribution in [0.1, 0.15) is 12.5 Å². The van der Waals surface area contributed by atoms with Gasteiger partial charge < -0.3 is 10.5 Å². The van der Waals surface area contributed by atoms with Gasteiger partial charge in [-0.1, -0.05) is 30.3 Å². The minimum atomic E-state index is -0.279. The molecule has 0 aliphatic carbocycles. The summed E-state index contributed by atoms with van der Waals surface area (Å²) in [6.07, 6.45) is 0. The fraction of sp³-hybridized carbons (Fsp3) is 0.538. The molecule has 3 nitrogen and oxygen atoms in total. The lowest BCUT2D eigenvalue weighted by atomic mass is 9.92. The van der Waals surface area contributed by atoms with Crippen LogP contribution < -0.4 is 5.73 Å². The Morgan fingerprint density at radius 1 is 1.17 bits per heavy atom. The van der Waals surface area contributed by atoms with E-state index in [0.717, 1.165) is 32.8 Å². The molecule has 0 aromatic heterocycles. The van der Waals surface area contributed by atoms with E-state index in [-0.39, 0.29) is 30.4 Å². The molecular weight excluding hydrogens is 271 g/mol. The molecule has 1 aliphatic heterocycles. The van der Waals surface area contributed by atoms with Crippen LogP contribution in [-0.2, 0) is 10.3 Å². The molecule has 0 unspecified atom stereocenters. The summed E-state index contributed by atoms with van der Waals surface area (Å²) in [4.78, 5) is 2.37. The fourth-order valence-corrected chi connectivity index (χ4v) is 2.13. The van der Waals surface area contributed by atoms with Crippen LogP contribution in [0, 0.1) is 0 Å². The average Bonchev–Trinajstić information content (AvgIpc) is 2.31. The Kier molecular flexibility index (Phi) is 7.83. The molecule has 1 heterocycles. The molecule has 2 rings (SSSR count). The van der Waals surface area contributed by atoms with Crippen molar-refractivity contribution in [3.8, 4) is 0 Å². The number of morpholine rings is 1. The van der Waals surface area contributed by atoms with E-state index in [0.29, 0.717) is 0 Å². The number of hydrogen-bond acceptors (Lipinski definition) is 3. The molecule has 5 heteroatoms. The first-order chi connectivity index (χ1) is 7.68. The van der Waals surface area contributed by atoms with Crippen LogP contribution in [0.15, 0.2) is 30.3 Å². The lowest BCUT2D eigenvalue weighted by molar-refractivity contribution is 0.0286. The first-order valence-corrected chi connectivity index (χ1v) is 5.83. The number of nitrogens with two attached hydrogens (primary N) is 1. The molecule has 18 heavy (non-hydrogen) atoms. The molecule has 1 fully saturated rings. The molecular formula is C13H22Cl2N2O. The highest BCUT2D eigenvalue weighted by Crippen LogP contribution is 2.19. The second kappa shape index (κ2) is 7.97. The quantitative estimate of drug-likeness (QED) is 0.927. The van der Waals surface area contributed by atoms with Crippen molar-refractivity contribution in [3.05, 3.63) is 35.9 Å². The smallest absolute Gasteiger partial charge is 0.0594 e. The zero-order valence-corrected chi connectivity index (χ0v) is 12.3. The third-order valence-corrected chi connectivity index (χ3v) is 3.09. The summed E-state index contributed by atoms with van der Waals surface area (Å²) < 4.78 is 5.34. The van der Waals surface area contributed by atoms with Crippen LogP contribution in [-0.4, -0.2) is 37.7 Å². The average molecular weight is 293 g/mol. The van der Waals surface area contributed by atoms with E-state index >= 15 is 0 Å². The Labute approximate surface area is 121 Å². The zero-order chi connectivity index (χ0) is 11.4. The highest BCUT2D eigenvalue weighted by Gasteiger charge is 2.25. The Hall–Kier alpha value is -0.320. The van der Waals surface area contributed by atoms with Gasteiger partial charge in [0.05, 0.1) is 18.8 Å². The third-order valence-electron chi connectivity index (χ3n) is 3.09. The summed E-state index contributed by atoms with van der Waals surface area (Å²) in [5.41, 5.74) is 7.30. The highest BCUT2D eigenvalue weighted by molar-refractivity contribution is 5.85. The lowest BCUT2D eigenvalue weighted by Gasteiger charge is -2.35. The summed E-state index contributed by atoms with van der Waals surface area (Å²) in [5.74, 6) is 0. The van der Waals surface area contributed by atoms with Crippen LogP contribution >= 0.6 is 24.8 Å². The minimum Gasteiger partial charge on any atom is -0.379 e. The van der Waals surface area contributed by atoms with E-state index in [1.807, 2.05) is 18.2 Å². The Morgan fingerprint density at radius 2 is 1.72 bits per heavy atom. The fourth-order valence-electron chi connectivity index (χ4n) is 2.13. The molecule has 1 saturated heterocycles. The maximum absolute atomic E-state index is 6.39. The summed E-state index contributed by atoms with van der Waals surface area (Å²) >= 11 is 0. The first kappa shape index (κ1) is 17.7. The molecule has 2 N–H and O–H groups in total. The van der Waals surface area contributed by atoms with E-state index in [1.54, 1.807) is 0 Å². The number of nitrogens with zero attached hydrogens (tertiary/aromatic N) is 1.